The summed E-state index contributed by atoms with van der Waals surface area (Å²) in [5.74, 6) is 1.03. The summed E-state index contributed by atoms with van der Waals surface area (Å²) in [4.78, 5) is 70.6. The molecule has 14 nitrogen and oxygen atoms in total. The third-order valence-corrected chi connectivity index (χ3v) is 5.87. The topological polar surface area (TPSA) is 218 Å². The van der Waals surface area contributed by atoms with Crippen LogP contribution in [0.3, 0.4) is 0 Å². The summed E-state index contributed by atoms with van der Waals surface area (Å²) in [6, 6.07) is 14.4. The van der Waals surface area contributed by atoms with Crippen molar-refractivity contribution in [2.75, 3.05) is 13.2 Å². The van der Waals surface area contributed by atoms with Crippen molar-refractivity contribution in [2.45, 2.75) is 31.8 Å². The van der Waals surface area contributed by atoms with Crippen molar-refractivity contribution in [1.82, 2.24) is 15.5 Å². The third kappa shape index (κ3) is 9.29. The number of carboxylic acids is 2. The molecule has 0 bridgehead atoms. The van der Waals surface area contributed by atoms with E-state index in [-0.39, 0.29) is 13.0 Å². The number of imide groups is 1. The van der Waals surface area contributed by atoms with Crippen LogP contribution in [-0.4, -0.2) is 70.2 Å². The number of carboxylic acid groups (broad SMARTS) is 2. The Hall–Kier alpha value is -5.53. The van der Waals surface area contributed by atoms with Gasteiger partial charge in [-0.1, -0.05) is 54.6 Å². The predicted molar refractivity (Wildman–Crippen MR) is 149 cm³/mol. The molecule has 4 amide bonds. The van der Waals surface area contributed by atoms with Gasteiger partial charge in [0.1, 0.15) is 12.1 Å². The summed E-state index contributed by atoms with van der Waals surface area (Å²) in [6.07, 6.45) is 2.49. The Balaban J connectivity index is 0.000000675. The minimum Gasteiger partial charge on any atom is -0.478 e. The number of carbonyl (C=O) groups is 6. The highest BCUT2D eigenvalue weighted by atomic mass is 16.5. The van der Waals surface area contributed by atoms with Crippen LogP contribution in [0.1, 0.15) is 43.0 Å². The van der Waals surface area contributed by atoms with Crippen LogP contribution in [0.4, 0.5) is 4.79 Å². The van der Waals surface area contributed by atoms with E-state index in [9.17, 15) is 28.8 Å². The summed E-state index contributed by atoms with van der Waals surface area (Å²) in [7, 11) is 0. The van der Waals surface area contributed by atoms with Gasteiger partial charge in [0.25, 0.3) is 5.91 Å². The molecular formula is C28H31N5O9. The molecule has 3 rings (SSSR count). The Bertz CT molecular complexity index is 1340. The number of nitrogens with two attached hydrogens (primary N) is 1. The minimum absolute atomic E-state index is 0.0834. The largest absolute Gasteiger partial charge is 0.478 e. The predicted octanol–water partition coefficient (Wildman–Crippen LogP) is 1.27. The van der Waals surface area contributed by atoms with E-state index in [1.807, 2.05) is 6.07 Å². The van der Waals surface area contributed by atoms with Gasteiger partial charge in [0.2, 0.25) is 5.91 Å². The number of nitrogens with one attached hydrogen (secondary N) is 2. The second-order valence-corrected chi connectivity index (χ2v) is 8.90. The lowest BCUT2D eigenvalue weighted by Gasteiger charge is -2.23. The zero-order valence-electron chi connectivity index (χ0n) is 22.9. The highest BCUT2D eigenvalue weighted by Crippen LogP contribution is 2.29. The minimum atomic E-state index is -1.33. The van der Waals surface area contributed by atoms with E-state index < -0.39 is 53.9 Å². The monoisotopic (exact) mass is 581 g/mol. The maximum Gasteiger partial charge on any atom is 0.328 e. The van der Waals surface area contributed by atoms with Crippen molar-refractivity contribution in [3.63, 3.8) is 0 Å². The molecule has 1 saturated heterocycles. The lowest BCUT2D eigenvalue weighted by molar-refractivity contribution is -0.144. The molecule has 1 fully saturated rings. The van der Waals surface area contributed by atoms with Crippen LogP contribution in [0.5, 0.6) is 0 Å². The Morgan fingerprint density at radius 2 is 1.64 bits per heavy atom. The number of ether oxygens (including phenoxy) is 1. The van der Waals surface area contributed by atoms with Crippen molar-refractivity contribution < 1.29 is 43.7 Å². The average Bonchev–Trinajstić information content (AvgIpc) is 3.16. The highest BCUT2D eigenvalue weighted by molar-refractivity contribution is 6.09. The van der Waals surface area contributed by atoms with Crippen LogP contribution < -0.4 is 16.5 Å². The van der Waals surface area contributed by atoms with Crippen LogP contribution in [0.25, 0.3) is 0 Å². The molecule has 0 spiro atoms. The van der Waals surface area contributed by atoms with Gasteiger partial charge in [0.15, 0.2) is 0 Å². The number of hydrazone groups is 1. The molecular weight excluding hydrogens is 550 g/mol. The van der Waals surface area contributed by atoms with E-state index in [0.717, 1.165) is 10.5 Å². The molecule has 2 aromatic carbocycles. The number of esters is 1. The smallest absolute Gasteiger partial charge is 0.328 e. The number of hydrogen-bond donors (Lipinski definition) is 5. The number of carbonyl (C=O) groups excluding carboxylic acids is 4. The number of nitrogens with zero attached hydrogens (tertiary/aromatic N) is 2. The molecule has 0 aliphatic carbocycles. The highest BCUT2D eigenvalue weighted by Gasteiger charge is 2.49. The molecule has 222 valence electrons. The van der Waals surface area contributed by atoms with Gasteiger partial charge in [-0.2, -0.15) is 5.10 Å². The molecule has 1 aliphatic rings. The number of benzene rings is 2. The first-order valence-corrected chi connectivity index (χ1v) is 12.5. The maximum absolute atomic E-state index is 13.1. The maximum atomic E-state index is 13.1. The lowest BCUT2D eigenvalue weighted by Crippen LogP contribution is -2.44. The number of hydrogen-bond acceptors (Lipinski definition) is 9. The third-order valence-electron chi connectivity index (χ3n) is 5.87. The van der Waals surface area contributed by atoms with Gasteiger partial charge in [0, 0.05) is 12.2 Å². The molecule has 2 unspecified atom stereocenters. The average molecular weight is 582 g/mol. The van der Waals surface area contributed by atoms with Crippen LogP contribution in [0.2, 0.25) is 0 Å². The first kappa shape index (κ1) is 32.7. The van der Waals surface area contributed by atoms with Crippen molar-refractivity contribution in [3.05, 3.63) is 83.4 Å². The second-order valence-electron chi connectivity index (χ2n) is 8.90. The molecule has 1 aliphatic heterocycles. The Morgan fingerprint density at radius 3 is 2.17 bits per heavy atom. The van der Waals surface area contributed by atoms with Crippen LogP contribution in [0, 0.1) is 0 Å². The molecule has 0 saturated carbocycles. The first-order chi connectivity index (χ1) is 19.9. The van der Waals surface area contributed by atoms with E-state index in [4.69, 9.17) is 20.8 Å². The van der Waals surface area contributed by atoms with E-state index in [0.29, 0.717) is 23.3 Å². The summed E-state index contributed by atoms with van der Waals surface area (Å²) in [5.41, 5.74) is 0.648. The molecule has 0 aromatic heterocycles. The van der Waals surface area contributed by atoms with Gasteiger partial charge in [-0.25, -0.2) is 14.4 Å². The van der Waals surface area contributed by atoms with Gasteiger partial charge < -0.3 is 31.4 Å². The molecule has 6 N–H and O–H groups in total. The fourth-order valence-electron chi connectivity index (χ4n) is 3.88. The van der Waals surface area contributed by atoms with Gasteiger partial charge in [-0.05, 0) is 30.5 Å². The molecule has 1 heterocycles. The van der Waals surface area contributed by atoms with E-state index in [2.05, 4.69) is 15.7 Å². The quantitative estimate of drug-likeness (QED) is 0.0639. The zero-order chi connectivity index (χ0) is 31.3. The van der Waals surface area contributed by atoms with Gasteiger partial charge in [-0.15, -0.1) is 0 Å². The summed E-state index contributed by atoms with van der Waals surface area (Å²) >= 11 is 0. The van der Waals surface area contributed by atoms with E-state index in [1.165, 1.54) is 6.21 Å². The second kappa shape index (κ2) is 15.3. The molecule has 42 heavy (non-hydrogen) atoms. The van der Waals surface area contributed by atoms with Crippen LogP contribution in [0.15, 0.2) is 71.9 Å². The van der Waals surface area contributed by atoms with Crippen LogP contribution in [-0.2, 0) is 34.2 Å². The number of amides is 4. The fraction of sp³-hybridized carbons (Fsp3) is 0.250. The van der Waals surface area contributed by atoms with Crippen molar-refractivity contribution in [2.24, 2.45) is 10.9 Å². The Morgan fingerprint density at radius 1 is 1.05 bits per heavy atom. The number of rotatable bonds is 11. The standard InChI is InChI=1S/C24H27N5O5.C4H4O4/c1-3-34-21(31)13-19(17-7-5-4-6-8-17)27-20(30)15-29-22(32)24(2,28-23(29)33)18-11-9-16(10-12-18)14-26-25;5-3(6)1-2-4(7)8/h4-12,14,19H,3,13,15,25H2,1-2H3,(H,27,30)(H,28,33);1-2H,(H,5,6)(H,7,8). The normalized spacial score (nSPS) is 16.9. The van der Waals surface area contributed by atoms with Gasteiger partial charge in [-0.3, -0.25) is 19.3 Å². The fourth-order valence-corrected chi connectivity index (χ4v) is 3.88. The Labute approximate surface area is 240 Å². The van der Waals surface area contributed by atoms with Crippen molar-refractivity contribution in [3.8, 4) is 0 Å². The number of aliphatic carboxylic acids is 2. The van der Waals surface area contributed by atoms with Crippen LogP contribution >= 0.6 is 0 Å². The van der Waals surface area contributed by atoms with Crippen molar-refractivity contribution in [1.29, 1.82) is 0 Å². The number of urea groups is 1. The molecule has 0 radical (unpaired) electrons. The first-order valence-electron chi connectivity index (χ1n) is 12.5. The summed E-state index contributed by atoms with van der Waals surface area (Å²) in [5, 5.41) is 24.5. The molecule has 2 aromatic rings. The van der Waals surface area contributed by atoms with Gasteiger partial charge in [0.05, 0.1) is 25.3 Å². The van der Waals surface area contributed by atoms with Crippen molar-refractivity contribution >= 4 is 42.0 Å². The zero-order valence-corrected chi connectivity index (χ0v) is 22.9. The lowest BCUT2D eigenvalue weighted by atomic mass is 9.91. The molecule has 2 atom stereocenters. The van der Waals surface area contributed by atoms with E-state index >= 15 is 0 Å². The Kier molecular flexibility index (Phi) is 11.9. The summed E-state index contributed by atoms with van der Waals surface area (Å²) in [6.45, 7) is 2.99. The molecule has 14 heteroatoms. The van der Waals surface area contributed by atoms with Gasteiger partial charge >= 0.3 is 23.9 Å². The SMILES string of the molecule is CCOC(=O)CC(NC(=O)CN1C(=O)NC(C)(c2ccc(C=NN)cc2)C1=O)c1ccccc1.O=C(O)C=CC(=O)O. The summed E-state index contributed by atoms with van der Waals surface area (Å²) < 4.78 is 5.01. The van der Waals surface area contributed by atoms with E-state index in [1.54, 1.807) is 62.4 Å².